The molecule has 2 heterocycles. The highest BCUT2D eigenvalue weighted by Gasteiger charge is 2.33. The molecule has 1 aromatic rings. The second-order valence-corrected chi connectivity index (χ2v) is 8.57. The summed E-state index contributed by atoms with van der Waals surface area (Å²) >= 11 is 0. The summed E-state index contributed by atoms with van der Waals surface area (Å²) in [5, 5.41) is 3.14. The normalized spacial score (nSPS) is 17.3. The third-order valence-electron chi connectivity index (χ3n) is 3.48. The SMILES string of the molecule is CC(C)(C)OC(=O)N1CCC(S(=O)(=O)NCc2ccon2)CC1. The minimum Gasteiger partial charge on any atom is -0.444 e. The van der Waals surface area contributed by atoms with Gasteiger partial charge < -0.3 is 14.2 Å². The predicted octanol–water partition coefficient (Wildman–Crippen LogP) is 1.49. The number of carbonyl (C=O) groups excluding carboxylic acids is 1. The quantitative estimate of drug-likeness (QED) is 0.887. The molecule has 8 nitrogen and oxygen atoms in total. The van der Waals surface area contributed by atoms with Crippen molar-refractivity contribution in [1.29, 1.82) is 0 Å². The van der Waals surface area contributed by atoms with Crippen LogP contribution in [0.15, 0.2) is 16.9 Å². The van der Waals surface area contributed by atoms with Crippen LogP contribution in [-0.2, 0) is 21.3 Å². The number of amides is 1. The summed E-state index contributed by atoms with van der Waals surface area (Å²) in [7, 11) is -3.45. The van der Waals surface area contributed by atoms with Crippen molar-refractivity contribution in [3.63, 3.8) is 0 Å². The van der Waals surface area contributed by atoms with Crippen LogP contribution in [0.5, 0.6) is 0 Å². The molecule has 2 rings (SSSR count). The molecule has 1 fully saturated rings. The third-order valence-corrected chi connectivity index (χ3v) is 5.37. The average Bonchev–Trinajstić information content (AvgIpc) is 2.97. The van der Waals surface area contributed by atoms with Gasteiger partial charge in [-0.1, -0.05) is 5.16 Å². The number of hydrogen-bond donors (Lipinski definition) is 1. The molecule has 0 spiro atoms. The summed E-state index contributed by atoms with van der Waals surface area (Å²) in [5.41, 5.74) is -0.0288. The van der Waals surface area contributed by atoms with E-state index in [0.29, 0.717) is 31.6 Å². The largest absolute Gasteiger partial charge is 0.444 e. The van der Waals surface area contributed by atoms with E-state index in [1.165, 1.54) is 6.26 Å². The molecule has 23 heavy (non-hydrogen) atoms. The Morgan fingerprint density at radius 1 is 1.43 bits per heavy atom. The third kappa shape index (κ3) is 5.21. The van der Waals surface area contributed by atoms with Gasteiger partial charge in [0.05, 0.1) is 17.5 Å². The van der Waals surface area contributed by atoms with Crippen molar-refractivity contribution in [2.45, 2.75) is 51.0 Å². The van der Waals surface area contributed by atoms with Gasteiger partial charge in [0.25, 0.3) is 0 Å². The maximum Gasteiger partial charge on any atom is 0.410 e. The van der Waals surface area contributed by atoms with Crippen molar-refractivity contribution in [1.82, 2.24) is 14.8 Å². The number of nitrogens with zero attached hydrogens (tertiary/aromatic N) is 2. The first-order valence-corrected chi connectivity index (χ1v) is 9.08. The lowest BCUT2D eigenvalue weighted by atomic mass is 10.1. The number of nitrogens with one attached hydrogen (secondary N) is 1. The Bertz CT molecular complexity index is 613. The fourth-order valence-electron chi connectivity index (χ4n) is 2.30. The molecule has 1 aliphatic rings. The highest BCUT2D eigenvalue weighted by Crippen LogP contribution is 2.19. The summed E-state index contributed by atoms with van der Waals surface area (Å²) in [6, 6.07) is 1.60. The van der Waals surface area contributed by atoms with Gasteiger partial charge in [-0.3, -0.25) is 0 Å². The standard InChI is InChI=1S/C14H23N3O5S/c1-14(2,3)22-13(18)17-7-4-12(5-8-17)23(19,20)15-10-11-6-9-21-16-11/h6,9,12,15H,4-5,7-8,10H2,1-3H3. The van der Waals surface area contributed by atoms with Crippen molar-refractivity contribution in [2.24, 2.45) is 0 Å². The van der Waals surface area contributed by atoms with Gasteiger partial charge in [0, 0.05) is 19.2 Å². The summed E-state index contributed by atoms with van der Waals surface area (Å²) < 4.78 is 37.1. The minimum absolute atomic E-state index is 0.102. The first-order chi connectivity index (χ1) is 10.7. The summed E-state index contributed by atoms with van der Waals surface area (Å²) in [6.45, 7) is 6.24. The molecule has 0 bridgehead atoms. The smallest absolute Gasteiger partial charge is 0.410 e. The first kappa shape index (κ1) is 17.7. The number of piperidine rings is 1. The molecule has 1 amide bonds. The summed E-state index contributed by atoms with van der Waals surface area (Å²) in [5.74, 6) is 0. The number of carbonyl (C=O) groups is 1. The van der Waals surface area contributed by atoms with Crippen molar-refractivity contribution >= 4 is 16.1 Å². The lowest BCUT2D eigenvalue weighted by molar-refractivity contribution is 0.0217. The highest BCUT2D eigenvalue weighted by molar-refractivity contribution is 7.90. The van der Waals surface area contributed by atoms with Crippen molar-refractivity contribution in [3.8, 4) is 0 Å². The number of likely N-dealkylation sites (tertiary alicyclic amines) is 1. The monoisotopic (exact) mass is 345 g/mol. The number of sulfonamides is 1. The summed E-state index contributed by atoms with van der Waals surface area (Å²) in [6.07, 6.45) is 1.76. The Morgan fingerprint density at radius 3 is 2.61 bits per heavy atom. The number of ether oxygens (including phenoxy) is 1. The molecule has 0 aliphatic carbocycles. The molecule has 1 aromatic heterocycles. The molecule has 0 radical (unpaired) electrons. The second-order valence-electron chi connectivity index (χ2n) is 6.52. The molecule has 0 aromatic carbocycles. The number of hydrogen-bond acceptors (Lipinski definition) is 6. The zero-order valence-corrected chi connectivity index (χ0v) is 14.4. The van der Waals surface area contributed by atoms with Crippen LogP contribution in [-0.4, -0.2) is 48.5 Å². The van der Waals surface area contributed by atoms with E-state index in [0.717, 1.165) is 0 Å². The van der Waals surface area contributed by atoms with E-state index in [2.05, 4.69) is 14.4 Å². The lowest BCUT2D eigenvalue weighted by Gasteiger charge is -2.33. The maximum absolute atomic E-state index is 12.3. The Labute approximate surface area is 136 Å². The number of rotatable bonds is 4. The highest BCUT2D eigenvalue weighted by atomic mass is 32.2. The fraction of sp³-hybridized carbons (Fsp3) is 0.714. The van der Waals surface area contributed by atoms with Gasteiger partial charge in [-0.05, 0) is 33.6 Å². The van der Waals surface area contributed by atoms with E-state index in [9.17, 15) is 13.2 Å². The van der Waals surface area contributed by atoms with Crippen LogP contribution in [0.1, 0.15) is 39.3 Å². The number of aromatic nitrogens is 1. The van der Waals surface area contributed by atoms with Crippen molar-refractivity contribution < 1.29 is 22.5 Å². The van der Waals surface area contributed by atoms with Gasteiger partial charge in [-0.25, -0.2) is 17.9 Å². The van der Waals surface area contributed by atoms with E-state index < -0.39 is 27.0 Å². The Morgan fingerprint density at radius 2 is 2.09 bits per heavy atom. The van der Waals surface area contributed by atoms with Gasteiger partial charge in [0.15, 0.2) is 0 Å². The maximum atomic E-state index is 12.3. The van der Waals surface area contributed by atoms with E-state index in [-0.39, 0.29) is 6.54 Å². The molecule has 0 saturated carbocycles. The molecule has 1 N–H and O–H groups in total. The second kappa shape index (κ2) is 6.88. The molecule has 1 saturated heterocycles. The van der Waals surface area contributed by atoms with Gasteiger partial charge in [-0.15, -0.1) is 0 Å². The molecule has 130 valence electrons. The van der Waals surface area contributed by atoms with Crippen LogP contribution in [0.25, 0.3) is 0 Å². The average molecular weight is 345 g/mol. The summed E-state index contributed by atoms with van der Waals surface area (Å²) in [4.78, 5) is 13.5. The van der Waals surface area contributed by atoms with Gasteiger partial charge in [0.2, 0.25) is 10.0 Å². The van der Waals surface area contributed by atoms with Crippen LogP contribution < -0.4 is 4.72 Å². The Kier molecular flexibility index (Phi) is 5.30. The molecule has 9 heteroatoms. The lowest BCUT2D eigenvalue weighted by Crippen LogP contribution is -2.46. The predicted molar refractivity (Wildman–Crippen MR) is 83.1 cm³/mol. The van der Waals surface area contributed by atoms with E-state index in [4.69, 9.17) is 4.74 Å². The Balaban J connectivity index is 1.84. The molecule has 0 unspecified atom stereocenters. The van der Waals surface area contributed by atoms with Crippen LogP contribution in [0.3, 0.4) is 0 Å². The minimum atomic E-state index is -3.45. The zero-order valence-electron chi connectivity index (χ0n) is 13.6. The zero-order chi connectivity index (χ0) is 17.1. The van der Waals surface area contributed by atoms with Crippen molar-refractivity contribution in [2.75, 3.05) is 13.1 Å². The van der Waals surface area contributed by atoms with Crippen LogP contribution >= 0.6 is 0 Å². The topological polar surface area (TPSA) is 102 Å². The van der Waals surface area contributed by atoms with E-state index in [1.807, 2.05) is 0 Å². The molecule has 1 aliphatic heterocycles. The van der Waals surface area contributed by atoms with E-state index >= 15 is 0 Å². The Hall–Kier alpha value is -1.61. The van der Waals surface area contributed by atoms with Crippen LogP contribution in [0.4, 0.5) is 4.79 Å². The molecule has 0 atom stereocenters. The van der Waals surface area contributed by atoms with Crippen LogP contribution in [0.2, 0.25) is 0 Å². The van der Waals surface area contributed by atoms with Gasteiger partial charge in [-0.2, -0.15) is 0 Å². The molecular formula is C14H23N3O5S. The van der Waals surface area contributed by atoms with E-state index in [1.54, 1.807) is 31.7 Å². The van der Waals surface area contributed by atoms with Crippen LogP contribution in [0, 0.1) is 0 Å². The van der Waals surface area contributed by atoms with Crippen molar-refractivity contribution in [3.05, 3.63) is 18.0 Å². The van der Waals surface area contributed by atoms with Gasteiger partial charge in [0.1, 0.15) is 11.9 Å². The van der Waals surface area contributed by atoms with Gasteiger partial charge >= 0.3 is 6.09 Å². The fourth-order valence-corrected chi connectivity index (χ4v) is 3.71. The first-order valence-electron chi connectivity index (χ1n) is 7.53. The molecular weight excluding hydrogens is 322 g/mol.